The lowest BCUT2D eigenvalue weighted by atomic mass is 9.48. The zero-order chi connectivity index (χ0) is 15.1. The minimum absolute atomic E-state index is 0.595. The van der Waals surface area contributed by atoms with Gasteiger partial charge >= 0.3 is 0 Å². The maximum atomic E-state index is 8.60. The summed E-state index contributed by atoms with van der Waals surface area (Å²) < 4.78 is 32.7. The molecule has 1 saturated carbocycles. The Morgan fingerprint density at radius 1 is 1.20 bits per heavy atom. The average Bonchev–Trinajstić information content (AvgIpc) is 2.79. The zero-order valence-electron chi connectivity index (χ0n) is 12.4. The van der Waals surface area contributed by atoms with Crippen LogP contribution in [0.5, 0.6) is 0 Å². The van der Waals surface area contributed by atoms with Crippen molar-refractivity contribution in [2.24, 2.45) is 17.3 Å². The molecule has 4 aliphatic rings. The quantitative estimate of drug-likeness (QED) is 0.691. The van der Waals surface area contributed by atoms with E-state index in [9.17, 15) is 0 Å². The minimum Gasteiger partial charge on any atom is -0.375 e. The summed E-state index contributed by atoms with van der Waals surface area (Å²) in [4.78, 5) is 2.69. The molecule has 1 aliphatic heterocycles. The first-order valence-corrected chi connectivity index (χ1v) is 8.45. The van der Waals surface area contributed by atoms with Crippen molar-refractivity contribution in [2.75, 3.05) is 13.1 Å². The maximum Gasteiger partial charge on any atom is 0.0777 e. The summed E-state index contributed by atoms with van der Waals surface area (Å²) in [6, 6.07) is 0. The molecule has 2 unspecified atom stereocenters. The monoisotopic (exact) mass is 305 g/mol. The highest BCUT2D eigenvalue weighted by atomic mass is 35.7. The van der Waals surface area contributed by atoms with E-state index in [1.807, 2.05) is 0 Å². The fraction of sp³-hybridized carbons (Fsp3) is 0.857. The smallest absolute Gasteiger partial charge is 0.0777 e. The average molecular weight is 306 g/mol. The molecule has 6 heteroatoms. The van der Waals surface area contributed by atoms with Crippen LogP contribution in [0.15, 0.2) is 11.3 Å². The molecule has 1 N–H and O–H groups in total. The second kappa shape index (κ2) is 5.46. The molecule has 0 aromatic carbocycles. The van der Waals surface area contributed by atoms with E-state index in [1.165, 1.54) is 38.8 Å². The van der Waals surface area contributed by atoms with E-state index in [1.54, 1.807) is 11.3 Å². The van der Waals surface area contributed by atoms with Crippen LogP contribution < -0.4 is 14.0 Å². The fourth-order valence-electron chi connectivity index (χ4n) is 4.05. The van der Waals surface area contributed by atoms with Gasteiger partial charge in [-0.3, -0.25) is 0 Å². The van der Waals surface area contributed by atoms with E-state index < -0.39 is 10.2 Å². The van der Waals surface area contributed by atoms with Crippen molar-refractivity contribution in [3.05, 3.63) is 11.3 Å². The highest BCUT2D eigenvalue weighted by molar-refractivity contribution is 5.28. The van der Waals surface area contributed by atoms with Crippen LogP contribution in [-0.4, -0.2) is 22.6 Å². The third kappa shape index (κ3) is 3.28. The van der Waals surface area contributed by atoms with Crippen LogP contribution in [0, 0.1) is 27.5 Å². The van der Waals surface area contributed by atoms with Crippen molar-refractivity contribution in [2.45, 2.75) is 46.5 Å². The standard InChI is InChI=1S/C14H23N.ClHO4/c1-10-8-11-9-12(14(11,2)3)13(10)15-6-4-5-7-15;2-1(3,4)5/h11-12H,4-9H2,1-3H3;(H,2,3,4,5). The van der Waals surface area contributed by atoms with E-state index >= 15 is 0 Å². The highest BCUT2D eigenvalue weighted by Gasteiger charge is 2.53. The van der Waals surface area contributed by atoms with Gasteiger partial charge in [-0.05, 0) is 43.9 Å². The van der Waals surface area contributed by atoms with Gasteiger partial charge in [0.15, 0.2) is 0 Å². The number of allylic oxidation sites excluding steroid dienone is 2. The SMILES string of the molecule is CC1=C(N2CCCC2)C2CC(C1)C2(C)C.[O-][Cl+3]([O-])([O-])O. The molecule has 116 valence electrons. The lowest BCUT2D eigenvalue weighted by Gasteiger charge is -2.59. The summed E-state index contributed by atoms with van der Waals surface area (Å²) >= 11 is 0. The van der Waals surface area contributed by atoms with Gasteiger partial charge in [0.2, 0.25) is 0 Å². The Bertz CT molecular complexity index is 390. The molecule has 2 bridgehead atoms. The van der Waals surface area contributed by atoms with Crippen LogP contribution in [-0.2, 0) is 0 Å². The van der Waals surface area contributed by atoms with Crippen LogP contribution in [0.4, 0.5) is 0 Å². The van der Waals surface area contributed by atoms with Gasteiger partial charge in [-0.2, -0.15) is 14.0 Å². The Balaban J connectivity index is 0.000000257. The number of fused-ring (bicyclic) bond motifs is 1. The summed E-state index contributed by atoms with van der Waals surface area (Å²) in [7, 11) is -4.69. The van der Waals surface area contributed by atoms with Crippen molar-refractivity contribution < 1.29 is 28.9 Å². The maximum absolute atomic E-state index is 8.60. The largest absolute Gasteiger partial charge is 0.375 e. The van der Waals surface area contributed by atoms with Gasteiger partial charge in [0.1, 0.15) is 0 Å². The van der Waals surface area contributed by atoms with Crippen LogP contribution in [0.2, 0.25) is 0 Å². The predicted octanol–water partition coefficient (Wildman–Crippen LogP) is -0.702. The first-order valence-electron chi connectivity index (χ1n) is 7.18. The summed E-state index contributed by atoms with van der Waals surface area (Å²) in [6.07, 6.45) is 5.66. The molecule has 1 heterocycles. The van der Waals surface area contributed by atoms with E-state index in [2.05, 4.69) is 25.7 Å². The third-order valence-electron chi connectivity index (χ3n) is 5.24. The van der Waals surface area contributed by atoms with Gasteiger partial charge in [-0.1, -0.05) is 19.4 Å². The fourth-order valence-corrected chi connectivity index (χ4v) is 4.05. The number of hydrogen-bond donors (Lipinski definition) is 1. The first kappa shape index (κ1) is 16.0. The van der Waals surface area contributed by atoms with Crippen LogP contribution in [0.3, 0.4) is 0 Å². The molecule has 0 aromatic rings. The third-order valence-corrected chi connectivity index (χ3v) is 5.24. The van der Waals surface area contributed by atoms with Crippen LogP contribution in [0.25, 0.3) is 0 Å². The predicted molar refractivity (Wildman–Crippen MR) is 65.7 cm³/mol. The molecule has 20 heavy (non-hydrogen) atoms. The van der Waals surface area contributed by atoms with E-state index in [0.717, 1.165) is 11.8 Å². The first-order chi connectivity index (χ1) is 9.10. The number of rotatable bonds is 1. The number of hydrogen-bond acceptors (Lipinski definition) is 5. The molecule has 2 atom stereocenters. The van der Waals surface area contributed by atoms with Gasteiger partial charge < -0.3 is 4.90 Å². The summed E-state index contributed by atoms with van der Waals surface area (Å²) in [5.74, 6) is 1.86. The molecule has 0 aromatic heterocycles. The Morgan fingerprint density at radius 2 is 1.70 bits per heavy atom. The van der Waals surface area contributed by atoms with Gasteiger partial charge in [-0.25, -0.2) is 0 Å². The molecule has 0 spiro atoms. The molecule has 0 amide bonds. The van der Waals surface area contributed by atoms with E-state index in [-0.39, 0.29) is 0 Å². The van der Waals surface area contributed by atoms with Gasteiger partial charge in [-0.15, -0.1) is 0 Å². The second-order valence-electron chi connectivity index (χ2n) is 6.77. The molecule has 2 fully saturated rings. The molecular formula is C14H24ClNO4. The van der Waals surface area contributed by atoms with Crippen molar-refractivity contribution >= 4 is 0 Å². The molecule has 3 aliphatic carbocycles. The number of halogens is 1. The molecule has 1 saturated heterocycles. The summed E-state index contributed by atoms with van der Waals surface area (Å²) in [5, 5.41) is 0. The highest BCUT2D eigenvalue weighted by Crippen LogP contribution is 2.61. The number of likely N-dealkylation sites (tertiary alicyclic amines) is 1. The normalized spacial score (nSPS) is 31.6. The van der Waals surface area contributed by atoms with Gasteiger partial charge in [0.25, 0.3) is 0 Å². The van der Waals surface area contributed by atoms with Crippen molar-refractivity contribution in [1.29, 1.82) is 0 Å². The Hall–Kier alpha value is -0.330. The van der Waals surface area contributed by atoms with E-state index in [0.29, 0.717) is 5.41 Å². The lowest BCUT2D eigenvalue weighted by molar-refractivity contribution is -1.92. The van der Waals surface area contributed by atoms with Crippen molar-refractivity contribution in [1.82, 2.24) is 4.90 Å². The molecule has 5 nitrogen and oxygen atoms in total. The summed E-state index contributed by atoms with van der Waals surface area (Å²) in [5.41, 5.74) is 4.05. The van der Waals surface area contributed by atoms with Crippen LogP contribution in [0.1, 0.15) is 46.5 Å². The van der Waals surface area contributed by atoms with Crippen molar-refractivity contribution in [3.63, 3.8) is 0 Å². The lowest BCUT2D eigenvalue weighted by Crippen LogP contribution is -2.58. The van der Waals surface area contributed by atoms with Gasteiger partial charge in [0, 0.05) is 24.7 Å². The Morgan fingerprint density at radius 3 is 2.15 bits per heavy atom. The molecule has 0 radical (unpaired) electrons. The summed E-state index contributed by atoms with van der Waals surface area (Å²) in [6.45, 7) is 9.98. The van der Waals surface area contributed by atoms with Gasteiger partial charge in [0.05, 0.1) is 14.9 Å². The minimum atomic E-state index is -4.69. The Kier molecular flexibility index (Phi) is 4.38. The number of nitrogens with zero attached hydrogens (tertiary/aromatic N) is 1. The Labute approximate surface area is 122 Å². The molecular weight excluding hydrogens is 282 g/mol. The zero-order valence-corrected chi connectivity index (χ0v) is 13.2. The molecule has 4 rings (SSSR count). The van der Waals surface area contributed by atoms with Crippen molar-refractivity contribution in [3.8, 4) is 0 Å². The second-order valence-corrected chi connectivity index (χ2v) is 7.56. The van der Waals surface area contributed by atoms with E-state index in [4.69, 9.17) is 18.6 Å². The topological polar surface area (TPSA) is 92.7 Å². The van der Waals surface area contributed by atoms with Crippen LogP contribution >= 0.6 is 0 Å².